The third kappa shape index (κ3) is 5.71. The minimum absolute atomic E-state index is 0.0624. The van der Waals surface area contributed by atoms with Crippen LogP contribution in [0.1, 0.15) is 15.2 Å². The maximum absolute atomic E-state index is 12.8. The van der Waals surface area contributed by atoms with Crippen molar-refractivity contribution in [3.8, 4) is 0 Å². The lowest BCUT2D eigenvalue weighted by atomic mass is 10.1. The Bertz CT molecular complexity index is 857. The van der Waals surface area contributed by atoms with Gasteiger partial charge in [0.15, 0.2) is 5.13 Å². The first-order chi connectivity index (χ1) is 12.8. The number of nitro benzene ring substituents is 1. The van der Waals surface area contributed by atoms with Crippen LogP contribution >= 0.6 is 22.9 Å². The predicted octanol–water partition coefficient (Wildman–Crippen LogP) is 2.74. The van der Waals surface area contributed by atoms with Gasteiger partial charge in [-0.15, -0.1) is 11.3 Å². The third-order valence-electron chi connectivity index (χ3n) is 3.45. The molecule has 0 saturated carbocycles. The Morgan fingerprint density at radius 3 is 2.74 bits per heavy atom. The largest absolute Gasteiger partial charge is 0.383 e. The number of aryl methyl sites for hydroxylation is 1. The molecule has 2 rings (SSSR count). The molecule has 144 valence electrons. The van der Waals surface area contributed by atoms with Crippen LogP contribution in [0.3, 0.4) is 0 Å². The Hall–Kier alpha value is -2.56. The van der Waals surface area contributed by atoms with Crippen molar-refractivity contribution in [3.05, 3.63) is 50.0 Å². The van der Waals surface area contributed by atoms with Crippen molar-refractivity contribution in [2.45, 2.75) is 6.92 Å². The summed E-state index contributed by atoms with van der Waals surface area (Å²) in [5.41, 5.74) is -0.159. The molecular weight excluding hydrogens is 396 g/mol. The van der Waals surface area contributed by atoms with Gasteiger partial charge in [0, 0.05) is 36.9 Å². The van der Waals surface area contributed by atoms with E-state index in [9.17, 15) is 19.7 Å². The van der Waals surface area contributed by atoms with Gasteiger partial charge in [-0.2, -0.15) is 0 Å². The van der Waals surface area contributed by atoms with Gasteiger partial charge < -0.3 is 15.0 Å². The Balaban J connectivity index is 2.15. The molecule has 0 saturated heterocycles. The molecule has 0 aliphatic carbocycles. The van der Waals surface area contributed by atoms with Gasteiger partial charge in [-0.25, -0.2) is 4.98 Å². The van der Waals surface area contributed by atoms with E-state index >= 15 is 0 Å². The summed E-state index contributed by atoms with van der Waals surface area (Å²) in [6.45, 7) is 1.97. The number of ether oxygens (including phenoxy) is 1. The van der Waals surface area contributed by atoms with Crippen LogP contribution in [0, 0.1) is 17.0 Å². The minimum atomic E-state index is -0.605. The fourth-order valence-electron chi connectivity index (χ4n) is 2.16. The molecule has 0 aliphatic rings. The van der Waals surface area contributed by atoms with E-state index in [4.69, 9.17) is 16.3 Å². The number of nitrogens with zero attached hydrogens (tertiary/aromatic N) is 3. The zero-order valence-electron chi connectivity index (χ0n) is 14.6. The highest BCUT2D eigenvalue weighted by Gasteiger charge is 2.23. The molecule has 11 heteroatoms. The number of thiazole rings is 1. The number of rotatable bonds is 8. The number of nitrogens with one attached hydrogen (secondary N) is 1. The number of hydrogen-bond acceptors (Lipinski definition) is 7. The number of anilines is 1. The third-order valence-corrected chi connectivity index (χ3v) is 4.59. The highest BCUT2D eigenvalue weighted by atomic mass is 35.5. The van der Waals surface area contributed by atoms with E-state index in [1.807, 2.05) is 6.92 Å². The van der Waals surface area contributed by atoms with E-state index in [2.05, 4.69) is 10.3 Å². The maximum Gasteiger partial charge on any atom is 0.270 e. The van der Waals surface area contributed by atoms with E-state index < -0.39 is 16.7 Å². The van der Waals surface area contributed by atoms with Gasteiger partial charge in [0.1, 0.15) is 6.54 Å². The van der Waals surface area contributed by atoms with Crippen molar-refractivity contribution < 1.29 is 19.2 Å². The number of nitro groups is 1. The monoisotopic (exact) mass is 412 g/mol. The average molecular weight is 413 g/mol. The number of hydrogen-bond donors (Lipinski definition) is 1. The molecule has 0 bridgehead atoms. The Morgan fingerprint density at radius 1 is 1.44 bits per heavy atom. The van der Waals surface area contributed by atoms with Gasteiger partial charge in [0.05, 0.1) is 22.1 Å². The van der Waals surface area contributed by atoms with Crippen LogP contribution in [-0.2, 0) is 9.53 Å². The molecule has 0 unspecified atom stereocenters. The number of carbonyl (C=O) groups excluding carboxylic acids is 2. The van der Waals surface area contributed by atoms with E-state index in [1.165, 1.54) is 35.5 Å². The molecule has 0 atom stereocenters. The van der Waals surface area contributed by atoms with Gasteiger partial charge in [-0.1, -0.05) is 11.6 Å². The second-order valence-corrected chi connectivity index (χ2v) is 7.11. The van der Waals surface area contributed by atoms with Gasteiger partial charge in [-0.3, -0.25) is 19.7 Å². The molecule has 0 fully saturated rings. The number of carbonyl (C=O) groups is 2. The first kappa shape index (κ1) is 20.7. The molecule has 0 aliphatic heterocycles. The van der Waals surface area contributed by atoms with Crippen LogP contribution in [0.25, 0.3) is 0 Å². The number of benzene rings is 1. The smallest absolute Gasteiger partial charge is 0.270 e. The molecule has 27 heavy (non-hydrogen) atoms. The topological polar surface area (TPSA) is 115 Å². The molecule has 0 spiro atoms. The lowest BCUT2D eigenvalue weighted by Crippen LogP contribution is -2.40. The highest BCUT2D eigenvalue weighted by molar-refractivity contribution is 7.15. The van der Waals surface area contributed by atoms with Gasteiger partial charge in [0.25, 0.3) is 11.6 Å². The predicted molar refractivity (Wildman–Crippen MR) is 101 cm³/mol. The molecule has 0 radical (unpaired) electrons. The van der Waals surface area contributed by atoms with Crippen molar-refractivity contribution in [1.82, 2.24) is 9.88 Å². The standard InChI is InChI=1S/C16H17ClN4O5S/c1-10-8-18-16(27-10)19-14(22)9-20(5-6-26-2)15(23)12-4-3-11(21(24)25)7-13(12)17/h3-4,7-8H,5-6,9H2,1-2H3,(H,18,19,22). The van der Waals surface area contributed by atoms with Crippen molar-refractivity contribution in [2.75, 3.05) is 32.1 Å². The molecule has 2 aromatic rings. The normalized spacial score (nSPS) is 10.5. The van der Waals surface area contributed by atoms with Gasteiger partial charge in [0.2, 0.25) is 5.91 Å². The summed E-state index contributed by atoms with van der Waals surface area (Å²) in [6.07, 6.45) is 1.63. The highest BCUT2D eigenvalue weighted by Crippen LogP contribution is 2.24. The molecular formula is C16H17ClN4O5S. The van der Waals surface area contributed by atoms with Gasteiger partial charge in [-0.05, 0) is 13.0 Å². The SMILES string of the molecule is COCCN(CC(=O)Nc1ncc(C)s1)C(=O)c1ccc([N+](=O)[O-])cc1Cl. The average Bonchev–Trinajstić information content (AvgIpc) is 3.02. The Kier molecular flexibility index (Phi) is 7.22. The summed E-state index contributed by atoms with van der Waals surface area (Å²) in [4.78, 5) is 41.5. The van der Waals surface area contributed by atoms with E-state index in [0.29, 0.717) is 5.13 Å². The second kappa shape index (κ2) is 9.40. The zero-order valence-corrected chi connectivity index (χ0v) is 16.2. The fourth-order valence-corrected chi connectivity index (χ4v) is 3.10. The Morgan fingerprint density at radius 2 is 2.19 bits per heavy atom. The first-order valence-corrected chi connectivity index (χ1v) is 8.95. The number of methoxy groups -OCH3 is 1. The lowest BCUT2D eigenvalue weighted by molar-refractivity contribution is -0.384. The van der Waals surface area contributed by atoms with Crippen LogP contribution in [0.5, 0.6) is 0 Å². The molecule has 1 heterocycles. The van der Waals surface area contributed by atoms with Crippen molar-refractivity contribution in [1.29, 1.82) is 0 Å². The number of aromatic nitrogens is 1. The fraction of sp³-hybridized carbons (Fsp3) is 0.312. The maximum atomic E-state index is 12.8. The van der Waals surface area contributed by atoms with Crippen LogP contribution in [0.15, 0.2) is 24.4 Å². The molecule has 1 aromatic heterocycles. The van der Waals surface area contributed by atoms with Crippen molar-refractivity contribution in [3.63, 3.8) is 0 Å². The number of amides is 2. The zero-order chi connectivity index (χ0) is 20.0. The van der Waals surface area contributed by atoms with Crippen LogP contribution in [0.2, 0.25) is 5.02 Å². The summed E-state index contributed by atoms with van der Waals surface area (Å²) >= 11 is 7.34. The summed E-state index contributed by atoms with van der Waals surface area (Å²) in [5.74, 6) is -0.954. The summed E-state index contributed by atoms with van der Waals surface area (Å²) in [7, 11) is 1.47. The van der Waals surface area contributed by atoms with E-state index in [0.717, 1.165) is 10.9 Å². The summed E-state index contributed by atoms with van der Waals surface area (Å²) in [5, 5.41) is 13.8. The van der Waals surface area contributed by atoms with Crippen LogP contribution < -0.4 is 5.32 Å². The molecule has 1 aromatic carbocycles. The lowest BCUT2D eigenvalue weighted by Gasteiger charge is -2.22. The Labute approximate surface area is 164 Å². The molecule has 9 nitrogen and oxygen atoms in total. The minimum Gasteiger partial charge on any atom is -0.383 e. The molecule has 1 N–H and O–H groups in total. The summed E-state index contributed by atoms with van der Waals surface area (Å²) < 4.78 is 4.98. The second-order valence-electron chi connectivity index (χ2n) is 5.47. The molecule has 2 amide bonds. The van der Waals surface area contributed by atoms with Crippen LogP contribution in [0.4, 0.5) is 10.8 Å². The van der Waals surface area contributed by atoms with E-state index in [-0.39, 0.29) is 36.0 Å². The number of halogens is 1. The van der Waals surface area contributed by atoms with Crippen LogP contribution in [-0.4, -0.2) is 53.4 Å². The van der Waals surface area contributed by atoms with Crippen molar-refractivity contribution in [2.24, 2.45) is 0 Å². The van der Waals surface area contributed by atoms with Gasteiger partial charge >= 0.3 is 0 Å². The van der Waals surface area contributed by atoms with Crippen molar-refractivity contribution >= 4 is 45.6 Å². The van der Waals surface area contributed by atoms with E-state index in [1.54, 1.807) is 6.20 Å². The number of non-ortho nitro benzene ring substituents is 1. The quantitative estimate of drug-likeness (QED) is 0.526. The summed E-state index contributed by atoms with van der Waals surface area (Å²) in [6, 6.07) is 3.55. The first-order valence-electron chi connectivity index (χ1n) is 7.76.